The SMILES string of the molecule is CCOCCN(C)c1ncc([N+](=O)[O-])cc1Cl. The van der Waals surface area contributed by atoms with Crippen LogP contribution in [0.1, 0.15) is 6.92 Å². The highest BCUT2D eigenvalue weighted by molar-refractivity contribution is 6.33. The minimum atomic E-state index is -0.525. The average Bonchev–Trinajstić information content (AvgIpc) is 2.28. The molecule has 1 rings (SSSR count). The van der Waals surface area contributed by atoms with Gasteiger partial charge in [-0.25, -0.2) is 4.98 Å². The molecule has 0 aliphatic carbocycles. The second-order valence-corrected chi connectivity index (χ2v) is 3.78. The molecule has 0 amide bonds. The Labute approximate surface area is 104 Å². The monoisotopic (exact) mass is 259 g/mol. The maximum atomic E-state index is 10.5. The van der Waals surface area contributed by atoms with Crippen LogP contribution in [-0.2, 0) is 4.74 Å². The fraction of sp³-hybridized carbons (Fsp3) is 0.500. The van der Waals surface area contributed by atoms with Crippen LogP contribution in [0.4, 0.5) is 11.5 Å². The van der Waals surface area contributed by atoms with Crippen molar-refractivity contribution in [1.29, 1.82) is 0 Å². The average molecular weight is 260 g/mol. The number of rotatable bonds is 6. The van der Waals surface area contributed by atoms with Crippen LogP contribution in [0.3, 0.4) is 0 Å². The van der Waals surface area contributed by atoms with Crippen molar-refractivity contribution in [1.82, 2.24) is 4.98 Å². The third kappa shape index (κ3) is 3.83. The van der Waals surface area contributed by atoms with E-state index in [4.69, 9.17) is 16.3 Å². The van der Waals surface area contributed by atoms with Gasteiger partial charge < -0.3 is 9.64 Å². The van der Waals surface area contributed by atoms with E-state index in [0.717, 1.165) is 0 Å². The molecule has 0 spiro atoms. The zero-order valence-corrected chi connectivity index (χ0v) is 10.5. The van der Waals surface area contributed by atoms with Crippen LogP contribution in [0.25, 0.3) is 0 Å². The van der Waals surface area contributed by atoms with Crippen molar-refractivity contribution in [2.75, 3.05) is 31.7 Å². The Morgan fingerprint density at radius 2 is 2.35 bits per heavy atom. The Kier molecular flexibility index (Phi) is 5.11. The van der Waals surface area contributed by atoms with Crippen molar-refractivity contribution in [3.8, 4) is 0 Å². The van der Waals surface area contributed by atoms with Gasteiger partial charge in [0.1, 0.15) is 12.0 Å². The first kappa shape index (κ1) is 13.7. The molecule has 0 radical (unpaired) electrons. The summed E-state index contributed by atoms with van der Waals surface area (Å²) in [6.07, 6.45) is 1.19. The van der Waals surface area contributed by atoms with Crippen LogP contribution >= 0.6 is 11.6 Å². The number of anilines is 1. The fourth-order valence-electron chi connectivity index (χ4n) is 1.25. The van der Waals surface area contributed by atoms with Gasteiger partial charge in [-0.15, -0.1) is 0 Å². The lowest BCUT2D eigenvalue weighted by Gasteiger charge is -2.18. The molecule has 94 valence electrons. The lowest BCUT2D eigenvalue weighted by Crippen LogP contribution is -2.23. The first-order chi connectivity index (χ1) is 8.06. The van der Waals surface area contributed by atoms with E-state index in [0.29, 0.717) is 25.6 Å². The normalized spacial score (nSPS) is 10.3. The lowest BCUT2D eigenvalue weighted by molar-refractivity contribution is -0.385. The number of hydrogen-bond acceptors (Lipinski definition) is 5. The van der Waals surface area contributed by atoms with Crippen LogP contribution in [0.2, 0.25) is 5.02 Å². The second-order valence-electron chi connectivity index (χ2n) is 3.37. The van der Waals surface area contributed by atoms with Crippen molar-refractivity contribution >= 4 is 23.1 Å². The van der Waals surface area contributed by atoms with E-state index in [1.165, 1.54) is 12.3 Å². The summed E-state index contributed by atoms with van der Waals surface area (Å²) in [5, 5.41) is 10.8. The largest absolute Gasteiger partial charge is 0.380 e. The zero-order chi connectivity index (χ0) is 12.8. The molecule has 7 heteroatoms. The third-order valence-electron chi connectivity index (χ3n) is 2.15. The Bertz CT molecular complexity index is 400. The molecule has 0 fully saturated rings. The summed E-state index contributed by atoms with van der Waals surface area (Å²) in [6.45, 7) is 3.74. The predicted octanol–water partition coefficient (Wildman–Crippen LogP) is 2.12. The Balaban J connectivity index is 2.74. The molecular weight excluding hydrogens is 246 g/mol. The second kappa shape index (κ2) is 6.36. The molecule has 0 atom stereocenters. The molecule has 0 unspecified atom stereocenters. The van der Waals surface area contributed by atoms with Gasteiger partial charge in [0.15, 0.2) is 0 Å². The van der Waals surface area contributed by atoms with E-state index in [9.17, 15) is 10.1 Å². The standard InChI is InChI=1S/C10H14ClN3O3/c1-3-17-5-4-13(2)10-9(11)6-8(7-12-10)14(15)16/h6-7H,3-5H2,1-2H3. The molecule has 17 heavy (non-hydrogen) atoms. The highest BCUT2D eigenvalue weighted by atomic mass is 35.5. The van der Waals surface area contributed by atoms with Crippen LogP contribution < -0.4 is 4.90 Å². The molecule has 0 N–H and O–H groups in total. The maximum Gasteiger partial charge on any atom is 0.289 e. The molecule has 6 nitrogen and oxygen atoms in total. The van der Waals surface area contributed by atoms with Crippen LogP contribution in [0, 0.1) is 10.1 Å². The van der Waals surface area contributed by atoms with Gasteiger partial charge in [-0.1, -0.05) is 11.6 Å². The highest BCUT2D eigenvalue weighted by Crippen LogP contribution is 2.25. The van der Waals surface area contributed by atoms with E-state index < -0.39 is 4.92 Å². The molecule has 0 aliphatic heterocycles. The minimum absolute atomic E-state index is 0.114. The number of pyridine rings is 1. The highest BCUT2D eigenvalue weighted by Gasteiger charge is 2.13. The number of halogens is 1. The van der Waals surface area contributed by atoms with Crippen LogP contribution in [0.5, 0.6) is 0 Å². The minimum Gasteiger partial charge on any atom is -0.380 e. The quantitative estimate of drug-likeness (QED) is 0.445. The van der Waals surface area contributed by atoms with Crippen LogP contribution in [0.15, 0.2) is 12.3 Å². The first-order valence-electron chi connectivity index (χ1n) is 5.15. The van der Waals surface area contributed by atoms with E-state index in [-0.39, 0.29) is 10.7 Å². The predicted molar refractivity (Wildman–Crippen MR) is 65.7 cm³/mol. The molecule has 0 saturated heterocycles. The molecule has 1 heterocycles. The van der Waals surface area contributed by atoms with Gasteiger partial charge in [0, 0.05) is 26.3 Å². The maximum absolute atomic E-state index is 10.5. The Hall–Kier alpha value is -1.40. The number of aromatic nitrogens is 1. The first-order valence-corrected chi connectivity index (χ1v) is 5.53. The third-order valence-corrected chi connectivity index (χ3v) is 2.43. The van der Waals surface area contributed by atoms with E-state index in [1.54, 1.807) is 11.9 Å². The van der Waals surface area contributed by atoms with Crippen LogP contribution in [-0.4, -0.2) is 36.7 Å². The summed E-state index contributed by atoms with van der Waals surface area (Å²) in [5.41, 5.74) is -0.114. The van der Waals surface area contributed by atoms with Gasteiger partial charge in [0.2, 0.25) is 0 Å². The number of ether oxygens (including phenoxy) is 1. The van der Waals surface area contributed by atoms with Crippen molar-refractivity contribution in [3.05, 3.63) is 27.4 Å². The summed E-state index contributed by atoms with van der Waals surface area (Å²) >= 11 is 5.93. The summed E-state index contributed by atoms with van der Waals surface area (Å²) in [6, 6.07) is 1.29. The summed E-state index contributed by atoms with van der Waals surface area (Å²) < 4.78 is 5.21. The number of hydrogen-bond donors (Lipinski definition) is 0. The van der Waals surface area contributed by atoms with Crippen molar-refractivity contribution in [2.45, 2.75) is 6.92 Å². The number of nitro groups is 1. The summed E-state index contributed by atoms with van der Waals surface area (Å²) in [4.78, 5) is 15.8. The molecule has 1 aromatic heterocycles. The lowest BCUT2D eigenvalue weighted by atomic mass is 10.4. The number of likely N-dealkylation sites (N-methyl/N-ethyl adjacent to an activating group) is 1. The van der Waals surface area contributed by atoms with Crippen molar-refractivity contribution in [3.63, 3.8) is 0 Å². The molecule has 0 saturated carbocycles. The van der Waals surface area contributed by atoms with Gasteiger partial charge in [0.05, 0.1) is 16.6 Å². The van der Waals surface area contributed by atoms with Crippen molar-refractivity contribution in [2.24, 2.45) is 0 Å². The zero-order valence-electron chi connectivity index (χ0n) is 9.72. The van der Waals surface area contributed by atoms with Gasteiger partial charge >= 0.3 is 0 Å². The molecule has 1 aromatic rings. The van der Waals surface area contributed by atoms with Gasteiger partial charge in [-0.3, -0.25) is 10.1 Å². The topological polar surface area (TPSA) is 68.5 Å². The smallest absolute Gasteiger partial charge is 0.289 e. The van der Waals surface area contributed by atoms with Gasteiger partial charge in [-0.05, 0) is 6.92 Å². The molecule has 0 bridgehead atoms. The fourth-order valence-corrected chi connectivity index (χ4v) is 1.56. The Morgan fingerprint density at radius 3 is 2.88 bits per heavy atom. The summed E-state index contributed by atoms with van der Waals surface area (Å²) in [5.74, 6) is 0.511. The van der Waals surface area contributed by atoms with E-state index in [1.807, 2.05) is 6.92 Å². The molecule has 0 aromatic carbocycles. The van der Waals surface area contributed by atoms with Gasteiger partial charge in [-0.2, -0.15) is 0 Å². The number of nitrogens with zero attached hydrogens (tertiary/aromatic N) is 3. The molecular formula is C10H14ClN3O3. The van der Waals surface area contributed by atoms with Gasteiger partial charge in [0.25, 0.3) is 5.69 Å². The Morgan fingerprint density at radius 1 is 1.65 bits per heavy atom. The van der Waals surface area contributed by atoms with E-state index in [2.05, 4.69) is 4.98 Å². The summed E-state index contributed by atoms with van der Waals surface area (Å²) in [7, 11) is 1.80. The van der Waals surface area contributed by atoms with Crippen molar-refractivity contribution < 1.29 is 9.66 Å². The van der Waals surface area contributed by atoms with E-state index >= 15 is 0 Å². The molecule has 0 aliphatic rings.